The van der Waals surface area contributed by atoms with Gasteiger partial charge in [0.05, 0.1) is 17.4 Å². The lowest BCUT2D eigenvalue weighted by atomic mass is 10.1. The molecular formula is C17H20N6O. The molecular weight excluding hydrogens is 304 g/mol. The monoisotopic (exact) mass is 324 g/mol. The Morgan fingerprint density at radius 3 is 2.62 bits per heavy atom. The standard InChI is InChI=1S/C17H20N6O/c1-17(2,3)22-16(24)21-13-5-6-18-14-7-11(8-19-15(13)14)12-9-20-23(4)10-12/h5-10H,1-4H3,(H2,18,21,22,24). The molecule has 0 fully saturated rings. The van der Waals surface area contributed by atoms with Crippen molar-refractivity contribution < 1.29 is 4.79 Å². The van der Waals surface area contributed by atoms with E-state index < -0.39 is 0 Å². The van der Waals surface area contributed by atoms with Crippen molar-refractivity contribution >= 4 is 22.8 Å². The molecule has 0 saturated heterocycles. The summed E-state index contributed by atoms with van der Waals surface area (Å²) in [6.45, 7) is 5.78. The van der Waals surface area contributed by atoms with Crippen LogP contribution >= 0.6 is 0 Å². The fourth-order valence-electron chi connectivity index (χ4n) is 2.35. The third-order valence-electron chi connectivity index (χ3n) is 3.35. The summed E-state index contributed by atoms with van der Waals surface area (Å²) in [7, 11) is 1.87. The number of pyridine rings is 2. The number of rotatable bonds is 2. The van der Waals surface area contributed by atoms with E-state index in [2.05, 4.69) is 25.7 Å². The van der Waals surface area contributed by atoms with Crippen molar-refractivity contribution in [2.75, 3.05) is 5.32 Å². The topological polar surface area (TPSA) is 84.7 Å². The molecule has 0 aliphatic heterocycles. The highest BCUT2D eigenvalue weighted by Gasteiger charge is 2.15. The summed E-state index contributed by atoms with van der Waals surface area (Å²) in [4.78, 5) is 20.9. The minimum Gasteiger partial charge on any atom is -0.333 e. The lowest BCUT2D eigenvalue weighted by Crippen LogP contribution is -2.43. The zero-order valence-corrected chi connectivity index (χ0v) is 14.2. The zero-order chi connectivity index (χ0) is 17.3. The number of amides is 2. The number of fused-ring (bicyclic) bond motifs is 1. The normalized spacial score (nSPS) is 11.5. The Kier molecular flexibility index (Phi) is 3.92. The molecule has 0 aliphatic rings. The number of anilines is 1. The van der Waals surface area contributed by atoms with Crippen LogP contribution in [-0.2, 0) is 7.05 Å². The Bertz CT molecular complexity index is 893. The summed E-state index contributed by atoms with van der Waals surface area (Å²) >= 11 is 0. The quantitative estimate of drug-likeness (QED) is 0.759. The van der Waals surface area contributed by atoms with E-state index in [1.165, 1.54) is 0 Å². The number of hydrogen-bond donors (Lipinski definition) is 2. The van der Waals surface area contributed by atoms with Crippen LogP contribution in [0.2, 0.25) is 0 Å². The van der Waals surface area contributed by atoms with E-state index in [1.54, 1.807) is 29.3 Å². The smallest absolute Gasteiger partial charge is 0.319 e. The van der Waals surface area contributed by atoms with Crippen molar-refractivity contribution in [3.63, 3.8) is 0 Å². The Hall–Kier alpha value is -2.96. The number of nitrogens with one attached hydrogen (secondary N) is 2. The number of urea groups is 1. The second-order valence-corrected chi connectivity index (χ2v) is 6.68. The molecule has 3 aromatic rings. The maximum atomic E-state index is 12.1. The summed E-state index contributed by atoms with van der Waals surface area (Å²) in [5.74, 6) is 0. The number of aryl methyl sites for hydroxylation is 1. The van der Waals surface area contributed by atoms with E-state index >= 15 is 0 Å². The predicted molar refractivity (Wildman–Crippen MR) is 93.6 cm³/mol. The highest BCUT2D eigenvalue weighted by molar-refractivity contribution is 5.99. The van der Waals surface area contributed by atoms with Crippen LogP contribution in [0.4, 0.5) is 10.5 Å². The van der Waals surface area contributed by atoms with E-state index in [9.17, 15) is 4.79 Å². The number of nitrogens with zero attached hydrogens (tertiary/aromatic N) is 4. The van der Waals surface area contributed by atoms with Gasteiger partial charge in [0.2, 0.25) is 0 Å². The average Bonchev–Trinajstić information content (AvgIpc) is 2.91. The number of carbonyl (C=O) groups is 1. The largest absolute Gasteiger partial charge is 0.333 e. The van der Waals surface area contributed by atoms with E-state index in [0.29, 0.717) is 16.7 Å². The van der Waals surface area contributed by atoms with Crippen LogP contribution in [0.15, 0.2) is 36.9 Å². The van der Waals surface area contributed by atoms with Gasteiger partial charge in [0.1, 0.15) is 5.52 Å². The Morgan fingerprint density at radius 1 is 1.17 bits per heavy atom. The van der Waals surface area contributed by atoms with Gasteiger partial charge in [0.25, 0.3) is 0 Å². The molecule has 2 N–H and O–H groups in total. The van der Waals surface area contributed by atoms with Gasteiger partial charge in [0, 0.05) is 42.3 Å². The molecule has 0 radical (unpaired) electrons. The van der Waals surface area contributed by atoms with Crippen LogP contribution in [0.5, 0.6) is 0 Å². The third kappa shape index (κ3) is 3.51. The van der Waals surface area contributed by atoms with E-state index in [4.69, 9.17) is 0 Å². The highest BCUT2D eigenvalue weighted by atomic mass is 16.2. The van der Waals surface area contributed by atoms with Gasteiger partial charge in [0.15, 0.2) is 0 Å². The van der Waals surface area contributed by atoms with Gasteiger partial charge in [-0.25, -0.2) is 4.79 Å². The molecule has 0 spiro atoms. The van der Waals surface area contributed by atoms with Crippen molar-refractivity contribution in [1.29, 1.82) is 0 Å². The first-order valence-electron chi connectivity index (χ1n) is 7.65. The van der Waals surface area contributed by atoms with Crippen LogP contribution in [0.1, 0.15) is 20.8 Å². The van der Waals surface area contributed by atoms with Gasteiger partial charge in [-0.05, 0) is 32.9 Å². The van der Waals surface area contributed by atoms with Gasteiger partial charge < -0.3 is 10.6 Å². The lowest BCUT2D eigenvalue weighted by Gasteiger charge is -2.21. The molecule has 0 bridgehead atoms. The van der Waals surface area contributed by atoms with Gasteiger partial charge in [-0.3, -0.25) is 14.6 Å². The minimum atomic E-state index is -0.312. The fourth-order valence-corrected chi connectivity index (χ4v) is 2.35. The number of carbonyl (C=O) groups excluding carboxylic acids is 1. The van der Waals surface area contributed by atoms with Crippen molar-refractivity contribution in [3.05, 3.63) is 36.9 Å². The molecule has 0 aliphatic carbocycles. The molecule has 3 rings (SSSR count). The van der Waals surface area contributed by atoms with Crippen molar-refractivity contribution in [3.8, 4) is 11.1 Å². The van der Waals surface area contributed by atoms with Gasteiger partial charge in [-0.2, -0.15) is 5.10 Å². The van der Waals surface area contributed by atoms with Crippen LogP contribution < -0.4 is 10.6 Å². The maximum Gasteiger partial charge on any atom is 0.319 e. The summed E-state index contributed by atoms with van der Waals surface area (Å²) in [6, 6.07) is 3.40. The van der Waals surface area contributed by atoms with Crippen LogP contribution in [0.25, 0.3) is 22.2 Å². The summed E-state index contributed by atoms with van der Waals surface area (Å²) in [5.41, 5.74) is 3.57. The Morgan fingerprint density at radius 2 is 1.96 bits per heavy atom. The first-order valence-corrected chi connectivity index (χ1v) is 7.65. The van der Waals surface area contributed by atoms with Crippen molar-refractivity contribution in [2.45, 2.75) is 26.3 Å². The van der Waals surface area contributed by atoms with E-state index in [0.717, 1.165) is 11.1 Å². The van der Waals surface area contributed by atoms with E-state index in [-0.39, 0.29) is 11.6 Å². The third-order valence-corrected chi connectivity index (χ3v) is 3.35. The Balaban J connectivity index is 1.92. The first kappa shape index (κ1) is 15.9. The first-order chi connectivity index (χ1) is 11.3. The molecule has 3 aromatic heterocycles. The number of hydrogen-bond acceptors (Lipinski definition) is 4. The minimum absolute atomic E-state index is 0.270. The molecule has 7 nitrogen and oxygen atoms in total. The molecule has 124 valence electrons. The summed E-state index contributed by atoms with van der Waals surface area (Å²) in [5, 5.41) is 9.87. The van der Waals surface area contributed by atoms with Crippen molar-refractivity contribution in [1.82, 2.24) is 25.1 Å². The molecule has 0 unspecified atom stereocenters. The van der Waals surface area contributed by atoms with Crippen LogP contribution in [-0.4, -0.2) is 31.3 Å². The molecule has 0 aromatic carbocycles. The molecule has 3 heterocycles. The zero-order valence-electron chi connectivity index (χ0n) is 14.2. The van der Waals surface area contributed by atoms with Gasteiger partial charge in [-0.1, -0.05) is 0 Å². The Labute approximate surface area is 140 Å². The lowest BCUT2D eigenvalue weighted by molar-refractivity contribution is 0.244. The summed E-state index contributed by atoms with van der Waals surface area (Å²) < 4.78 is 1.74. The highest BCUT2D eigenvalue weighted by Crippen LogP contribution is 2.25. The predicted octanol–water partition coefficient (Wildman–Crippen LogP) is 2.95. The molecule has 2 amide bonds. The molecule has 0 saturated carbocycles. The van der Waals surface area contributed by atoms with Gasteiger partial charge >= 0.3 is 6.03 Å². The second kappa shape index (κ2) is 5.92. The average molecular weight is 324 g/mol. The van der Waals surface area contributed by atoms with Gasteiger partial charge in [-0.15, -0.1) is 0 Å². The van der Waals surface area contributed by atoms with Crippen LogP contribution in [0.3, 0.4) is 0 Å². The molecule has 24 heavy (non-hydrogen) atoms. The van der Waals surface area contributed by atoms with Crippen LogP contribution in [0, 0.1) is 0 Å². The maximum absolute atomic E-state index is 12.1. The molecule has 7 heteroatoms. The second-order valence-electron chi connectivity index (χ2n) is 6.68. The van der Waals surface area contributed by atoms with Crippen molar-refractivity contribution in [2.24, 2.45) is 7.05 Å². The molecule has 0 atom stereocenters. The van der Waals surface area contributed by atoms with E-state index in [1.807, 2.05) is 40.1 Å². The number of aromatic nitrogens is 4. The summed E-state index contributed by atoms with van der Waals surface area (Å²) in [6.07, 6.45) is 7.11. The SMILES string of the molecule is Cn1cc(-c2cnc3c(NC(=O)NC(C)(C)C)ccnc3c2)cn1. The fraction of sp³-hybridized carbons (Fsp3) is 0.294.